The van der Waals surface area contributed by atoms with Crippen LogP contribution in [0.2, 0.25) is 0 Å². The van der Waals surface area contributed by atoms with E-state index in [9.17, 15) is 0 Å². The van der Waals surface area contributed by atoms with Gasteiger partial charge in [-0.2, -0.15) is 0 Å². The summed E-state index contributed by atoms with van der Waals surface area (Å²) in [6, 6.07) is 8.48. The number of piperidine rings is 1. The van der Waals surface area contributed by atoms with Gasteiger partial charge >= 0.3 is 0 Å². The minimum atomic E-state index is 0. The third-order valence-corrected chi connectivity index (χ3v) is 4.74. The fourth-order valence-electron chi connectivity index (χ4n) is 2.78. The molecular weight excluding hydrogens is 404 g/mol. The maximum Gasteiger partial charge on any atom is 0.169 e. The first-order chi connectivity index (χ1) is 12.9. The van der Waals surface area contributed by atoms with Crippen LogP contribution in [0.25, 0.3) is 11.1 Å². The first kappa shape index (κ1) is 41.5. The molecule has 0 spiro atoms. The van der Waals surface area contributed by atoms with E-state index in [0.29, 0.717) is 0 Å². The Morgan fingerprint density at radius 2 is 0.909 bits per heavy atom. The van der Waals surface area contributed by atoms with Crippen molar-refractivity contribution in [3.63, 3.8) is 0 Å². The summed E-state index contributed by atoms with van der Waals surface area (Å²) < 4.78 is 6.31. The van der Waals surface area contributed by atoms with E-state index in [1.807, 2.05) is 23.2 Å². The van der Waals surface area contributed by atoms with Crippen molar-refractivity contribution < 1.29 is 18.1 Å². The van der Waals surface area contributed by atoms with E-state index in [1.54, 1.807) is 0 Å². The van der Waals surface area contributed by atoms with Gasteiger partial charge in [-0.3, -0.25) is 0 Å². The van der Waals surface area contributed by atoms with Crippen molar-refractivity contribution in [1.82, 2.24) is 0 Å². The summed E-state index contributed by atoms with van der Waals surface area (Å²) in [6.07, 6.45) is 11.1. The van der Waals surface area contributed by atoms with Crippen molar-refractivity contribution in [1.29, 1.82) is 0 Å². The van der Waals surface area contributed by atoms with Gasteiger partial charge in [0.1, 0.15) is 14.1 Å². The smallest absolute Gasteiger partial charge is 0.169 e. The van der Waals surface area contributed by atoms with Gasteiger partial charge in [0.05, 0.1) is 55.4 Å². The largest absolute Gasteiger partial charge is 0.333 e. The van der Waals surface area contributed by atoms with Crippen LogP contribution in [0.1, 0.15) is 56.9 Å². The van der Waals surface area contributed by atoms with E-state index in [1.165, 1.54) is 41.5 Å². The van der Waals surface area contributed by atoms with Crippen LogP contribution in [-0.4, -0.2) is 64.3 Å². The number of hydrogen-bond acceptors (Lipinski definition) is 0. The predicted molar refractivity (Wildman–Crippen MR) is 152 cm³/mol. The Hall–Kier alpha value is -1.78. The molecule has 0 atom stereocenters. The molecular formula is C29H64N4+4. The second-order valence-electron chi connectivity index (χ2n) is 10.3. The number of pyridine rings is 2. The van der Waals surface area contributed by atoms with E-state index in [4.69, 9.17) is 0 Å². The van der Waals surface area contributed by atoms with E-state index < -0.39 is 0 Å². The number of hydrogen-bond donors (Lipinski definition) is 0. The maximum atomic E-state index is 2.36. The fraction of sp³-hybridized carbons (Fsp3) is 0.655. The molecule has 1 fully saturated rings. The zero-order chi connectivity index (χ0) is 21.4. The molecule has 196 valence electrons. The van der Waals surface area contributed by atoms with Crippen LogP contribution < -0.4 is 9.13 Å². The van der Waals surface area contributed by atoms with Crippen LogP contribution in [0.3, 0.4) is 0 Å². The number of aromatic nitrogens is 2. The summed E-state index contributed by atoms with van der Waals surface area (Å²) in [4.78, 5) is 0. The molecule has 0 amide bonds. The normalized spacial score (nSPS) is 13.8. The van der Waals surface area contributed by atoms with Gasteiger partial charge in [-0.15, -0.1) is 0 Å². The molecule has 1 saturated heterocycles. The first-order valence-electron chi connectivity index (χ1n) is 10.4. The van der Waals surface area contributed by atoms with Crippen molar-refractivity contribution in [2.75, 3.05) is 55.4 Å². The number of likely N-dealkylation sites (tertiary alicyclic amines) is 1. The second-order valence-corrected chi connectivity index (χ2v) is 10.3. The van der Waals surface area contributed by atoms with Gasteiger partial charge in [0.2, 0.25) is 0 Å². The number of rotatable bonds is 1. The van der Waals surface area contributed by atoms with Gasteiger partial charge in [-0.25, -0.2) is 9.13 Å². The van der Waals surface area contributed by atoms with Gasteiger partial charge in [-0.05, 0) is 29.9 Å². The number of quaternary nitrogens is 2. The monoisotopic (exact) mass is 469 g/mol. The quantitative estimate of drug-likeness (QED) is 0.358. The van der Waals surface area contributed by atoms with Crippen LogP contribution in [-0.2, 0) is 14.1 Å². The molecule has 3 heterocycles. The topological polar surface area (TPSA) is 7.76 Å². The van der Waals surface area contributed by atoms with Gasteiger partial charge in [0.25, 0.3) is 0 Å². The van der Waals surface area contributed by atoms with Crippen LogP contribution in [0.5, 0.6) is 0 Å². The third kappa shape index (κ3) is 20.6. The molecule has 4 heteroatoms. The van der Waals surface area contributed by atoms with Crippen molar-refractivity contribution in [3.05, 3.63) is 49.1 Å². The van der Waals surface area contributed by atoms with Crippen molar-refractivity contribution in [2.45, 2.75) is 56.9 Å². The SMILES string of the molecule is C.C.C.C.C.CC1CC[N+](C)(C)CC1.C[N+](C)(C)C.C[n+]1ccc(-c2cc[n+](C)cc2)cc1. The standard InChI is InChI=1S/C12H14N2.C8H18N.C4H12N.5CH4/c1-13-7-3-11(4-8-13)12-5-9-14(2)10-6-12;1-8-4-6-9(2,3)7-5-8;1-5(2,3)4;;;;;/h3-10H,1-2H3;8H,4-7H2,1-3H3;1-4H3;5*1H4/q+2;2*+1;;;;;. The lowest BCUT2D eigenvalue weighted by molar-refractivity contribution is -0.896. The van der Waals surface area contributed by atoms with E-state index in [0.717, 1.165) is 10.4 Å². The zero-order valence-electron chi connectivity index (χ0n) is 19.8. The van der Waals surface area contributed by atoms with Crippen molar-refractivity contribution in [3.8, 4) is 11.1 Å². The Labute approximate surface area is 210 Å². The summed E-state index contributed by atoms with van der Waals surface area (Å²) in [5.41, 5.74) is 2.51. The van der Waals surface area contributed by atoms with Crippen molar-refractivity contribution >= 4 is 0 Å². The lowest BCUT2D eigenvalue weighted by Crippen LogP contribution is -2.45. The molecule has 1 aliphatic heterocycles. The number of aryl methyl sites for hydroxylation is 2. The molecule has 2 aromatic rings. The highest BCUT2D eigenvalue weighted by Crippen LogP contribution is 2.18. The molecule has 0 aliphatic carbocycles. The summed E-state index contributed by atoms with van der Waals surface area (Å²) in [5, 5.41) is 0. The zero-order valence-corrected chi connectivity index (χ0v) is 19.8. The Balaban J connectivity index is -0.000000122. The molecule has 4 nitrogen and oxygen atoms in total. The minimum absolute atomic E-state index is 0. The highest BCUT2D eigenvalue weighted by Gasteiger charge is 2.22. The van der Waals surface area contributed by atoms with Crippen LogP contribution in [0.15, 0.2) is 49.1 Å². The summed E-state index contributed by atoms with van der Waals surface area (Å²) in [5.74, 6) is 0.983. The molecule has 0 saturated carbocycles. The van der Waals surface area contributed by atoms with Gasteiger partial charge in [-0.1, -0.05) is 44.1 Å². The minimum Gasteiger partial charge on any atom is -0.333 e. The second kappa shape index (κ2) is 18.6. The van der Waals surface area contributed by atoms with Gasteiger partial charge in [0, 0.05) is 24.3 Å². The molecule has 0 N–H and O–H groups in total. The lowest BCUT2D eigenvalue weighted by atomic mass is 9.98. The van der Waals surface area contributed by atoms with Gasteiger partial charge in [0.15, 0.2) is 24.8 Å². The molecule has 0 unspecified atom stereocenters. The van der Waals surface area contributed by atoms with E-state index in [-0.39, 0.29) is 37.1 Å². The molecule has 33 heavy (non-hydrogen) atoms. The van der Waals surface area contributed by atoms with Crippen LogP contribution in [0, 0.1) is 5.92 Å². The highest BCUT2D eigenvalue weighted by atomic mass is 15.3. The molecule has 3 rings (SSSR count). The average molecular weight is 469 g/mol. The Morgan fingerprint density at radius 3 is 1.12 bits per heavy atom. The number of nitrogens with zero attached hydrogens (tertiary/aromatic N) is 4. The fourth-order valence-corrected chi connectivity index (χ4v) is 2.78. The Bertz CT molecular complexity index is 624. The predicted octanol–water partition coefficient (Wildman–Crippen LogP) is 6.00. The molecule has 0 bridgehead atoms. The third-order valence-electron chi connectivity index (χ3n) is 4.74. The van der Waals surface area contributed by atoms with Crippen LogP contribution in [0.4, 0.5) is 0 Å². The highest BCUT2D eigenvalue weighted by molar-refractivity contribution is 5.60. The van der Waals surface area contributed by atoms with E-state index >= 15 is 0 Å². The summed E-state index contributed by atoms with van der Waals surface area (Å²) >= 11 is 0. The first-order valence-corrected chi connectivity index (χ1v) is 10.4. The summed E-state index contributed by atoms with van der Waals surface area (Å²) in [7, 11) is 17.2. The maximum absolute atomic E-state index is 2.36. The van der Waals surface area contributed by atoms with E-state index in [2.05, 4.69) is 98.3 Å². The molecule has 2 aromatic heterocycles. The molecule has 1 aliphatic rings. The van der Waals surface area contributed by atoms with Crippen LogP contribution >= 0.6 is 0 Å². The molecule has 0 radical (unpaired) electrons. The lowest BCUT2D eigenvalue weighted by Gasteiger charge is -2.35. The Kier molecular flexibility index (Phi) is 23.4. The van der Waals surface area contributed by atoms with Crippen molar-refractivity contribution in [2.24, 2.45) is 20.0 Å². The van der Waals surface area contributed by atoms with Gasteiger partial charge < -0.3 is 8.97 Å². The Morgan fingerprint density at radius 1 is 0.667 bits per heavy atom. The average Bonchev–Trinajstić information content (AvgIpc) is 2.58. The molecule has 0 aromatic carbocycles. The summed E-state index contributed by atoms with van der Waals surface area (Å²) in [6.45, 7) is 5.11.